The van der Waals surface area contributed by atoms with E-state index in [9.17, 15) is 0 Å². The highest BCUT2D eigenvalue weighted by Gasteiger charge is 2.30. The molecule has 0 radical (unpaired) electrons. The van der Waals surface area contributed by atoms with Gasteiger partial charge in [0.2, 0.25) is 0 Å². The number of hydrogen-bond acceptors (Lipinski definition) is 2. The zero-order valence-electron chi connectivity index (χ0n) is 11.2. The van der Waals surface area contributed by atoms with Gasteiger partial charge in [0.15, 0.2) is 0 Å². The maximum atomic E-state index is 5.93. The van der Waals surface area contributed by atoms with Crippen LogP contribution in [0.25, 0.3) is 0 Å². The predicted molar refractivity (Wildman–Crippen MR) is 74.4 cm³/mol. The van der Waals surface area contributed by atoms with Crippen molar-refractivity contribution in [2.24, 2.45) is 11.1 Å². The Hall–Kier alpha value is -1.02. The van der Waals surface area contributed by atoms with Crippen molar-refractivity contribution < 1.29 is 0 Å². The highest BCUT2D eigenvalue weighted by Crippen LogP contribution is 2.34. The number of anilines is 1. The van der Waals surface area contributed by atoms with E-state index in [1.807, 2.05) is 0 Å². The van der Waals surface area contributed by atoms with Crippen LogP contribution in [-0.4, -0.2) is 19.1 Å². The molecule has 1 aromatic rings. The first-order valence-corrected chi connectivity index (χ1v) is 6.56. The van der Waals surface area contributed by atoms with E-state index in [0.29, 0.717) is 5.41 Å². The fourth-order valence-electron chi connectivity index (χ4n) is 2.66. The Morgan fingerprint density at radius 2 is 2.06 bits per heavy atom. The predicted octanol–water partition coefficient (Wildman–Crippen LogP) is 2.81. The van der Waals surface area contributed by atoms with E-state index in [-0.39, 0.29) is 6.04 Å². The quantitative estimate of drug-likeness (QED) is 0.868. The molecule has 1 aliphatic rings. The Kier molecular flexibility index (Phi) is 3.43. The van der Waals surface area contributed by atoms with Crippen molar-refractivity contribution in [2.75, 3.05) is 18.0 Å². The van der Waals surface area contributed by atoms with Gasteiger partial charge in [-0.15, -0.1) is 0 Å². The minimum absolute atomic E-state index is 0.228. The second-order valence-corrected chi connectivity index (χ2v) is 6.15. The minimum atomic E-state index is 0.228. The fourth-order valence-corrected chi connectivity index (χ4v) is 2.66. The Balaban J connectivity index is 2.21. The molecule has 1 saturated heterocycles. The van der Waals surface area contributed by atoms with E-state index in [1.54, 1.807) is 0 Å². The number of para-hydroxylation sites is 1. The third kappa shape index (κ3) is 3.01. The SMILES string of the molecule is CC(N)Cc1ccccc1N1CCC(C)(C)C1. The lowest BCUT2D eigenvalue weighted by Crippen LogP contribution is -2.25. The van der Waals surface area contributed by atoms with Gasteiger partial charge in [-0.1, -0.05) is 32.0 Å². The molecule has 1 aliphatic heterocycles. The summed E-state index contributed by atoms with van der Waals surface area (Å²) in [6.07, 6.45) is 2.24. The molecule has 94 valence electrons. The molecule has 2 heteroatoms. The van der Waals surface area contributed by atoms with Crippen molar-refractivity contribution in [1.82, 2.24) is 0 Å². The summed E-state index contributed by atoms with van der Waals surface area (Å²) in [5.41, 5.74) is 9.15. The van der Waals surface area contributed by atoms with Gasteiger partial charge in [-0.2, -0.15) is 0 Å². The Morgan fingerprint density at radius 1 is 1.35 bits per heavy atom. The summed E-state index contributed by atoms with van der Waals surface area (Å²) in [7, 11) is 0. The van der Waals surface area contributed by atoms with Crippen molar-refractivity contribution in [1.29, 1.82) is 0 Å². The summed E-state index contributed by atoms with van der Waals surface area (Å²) >= 11 is 0. The molecule has 0 bridgehead atoms. The maximum Gasteiger partial charge on any atom is 0.0399 e. The first-order valence-electron chi connectivity index (χ1n) is 6.56. The molecular weight excluding hydrogens is 208 g/mol. The van der Waals surface area contributed by atoms with Crippen molar-refractivity contribution in [3.63, 3.8) is 0 Å². The maximum absolute atomic E-state index is 5.93. The van der Waals surface area contributed by atoms with Gasteiger partial charge < -0.3 is 10.6 Å². The van der Waals surface area contributed by atoms with E-state index in [2.05, 4.69) is 49.9 Å². The zero-order chi connectivity index (χ0) is 12.5. The third-order valence-electron chi connectivity index (χ3n) is 3.55. The van der Waals surface area contributed by atoms with Crippen LogP contribution in [0.5, 0.6) is 0 Å². The fraction of sp³-hybridized carbons (Fsp3) is 0.600. The van der Waals surface area contributed by atoms with Crippen molar-refractivity contribution in [3.05, 3.63) is 29.8 Å². The molecule has 1 aromatic carbocycles. The molecule has 2 rings (SSSR count). The van der Waals surface area contributed by atoms with Crippen LogP contribution in [-0.2, 0) is 6.42 Å². The number of nitrogens with zero attached hydrogens (tertiary/aromatic N) is 1. The monoisotopic (exact) mass is 232 g/mol. The van der Waals surface area contributed by atoms with Crippen LogP contribution in [0.1, 0.15) is 32.8 Å². The normalized spacial score (nSPS) is 20.6. The molecule has 0 saturated carbocycles. The first kappa shape index (κ1) is 12.4. The summed E-state index contributed by atoms with van der Waals surface area (Å²) in [6, 6.07) is 8.92. The van der Waals surface area contributed by atoms with Crippen molar-refractivity contribution in [3.8, 4) is 0 Å². The van der Waals surface area contributed by atoms with E-state index in [4.69, 9.17) is 5.73 Å². The molecular formula is C15H24N2. The number of nitrogens with two attached hydrogens (primary N) is 1. The van der Waals surface area contributed by atoms with Crippen molar-refractivity contribution in [2.45, 2.75) is 39.7 Å². The van der Waals surface area contributed by atoms with E-state index >= 15 is 0 Å². The second kappa shape index (κ2) is 4.69. The summed E-state index contributed by atoms with van der Waals surface area (Å²) in [4.78, 5) is 2.51. The van der Waals surface area contributed by atoms with Crippen LogP contribution in [0.2, 0.25) is 0 Å². The van der Waals surface area contributed by atoms with Gasteiger partial charge >= 0.3 is 0 Å². The first-order chi connectivity index (χ1) is 7.98. The third-order valence-corrected chi connectivity index (χ3v) is 3.55. The second-order valence-electron chi connectivity index (χ2n) is 6.15. The van der Waals surface area contributed by atoms with Gasteiger partial charge in [-0.05, 0) is 36.8 Å². The van der Waals surface area contributed by atoms with Crippen LogP contribution in [0.15, 0.2) is 24.3 Å². The molecule has 17 heavy (non-hydrogen) atoms. The van der Waals surface area contributed by atoms with Crippen LogP contribution in [0.4, 0.5) is 5.69 Å². The zero-order valence-corrected chi connectivity index (χ0v) is 11.2. The molecule has 1 heterocycles. The minimum Gasteiger partial charge on any atom is -0.371 e. The number of hydrogen-bond donors (Lipinski definition) is 1. The molecule has 2 nitrogen and oxygen atoms in total. The highest BCUT2D eigenvalue weighted by molar-refractivity contribution is 5.55. The highest BCUT2D eigenvalue weighted by atomic mass is 15.2. The molecule has 1 atom stereocenters. The number of benzene rings is 1. The average Bonchev–Trinajstić information content (AvgIpc) is 2.59. The van der Waals surface area contributed by atoms with Crippen LogP contribution >= 0.6 is 0 Å². The molecule has 1 unspecified atom stereocenters. The summed E-state index contributed by atoms with van der Waals surface area (Å²) < 4.78 is 0. The topological polar surface area (TPSA) is 29.3 Å². The molecule has 0 aliphatic carbocycles. The Bertz CT molecular complexity index is 382. The lowest BCUT2D eigenvalue weighted by Gasteiger charge is -2.24. The summed E-state index contributed by atoms with van der Waals surface area (Å²) in [6.45, 7) is 9.10. The van der Waals surface area contributed by atoms with Crippen LogP contribution in [0.3, 0.4) is 0 Å². The smallest absolute Gasteiger partial charge is 0.0399 e. The lowest BCUT2D eigenvalue weighted by atomic mass is 9.93. The molecule has 2 N–H and O–H groups in total. The largest absolute Gasteiger partial charge is 0.371 e. The summed E-state index contributed by atoms with van der Waals surface area (Å²) in [5.74, 6) is 0. The summed E-state index contributed by atoms with van der Waals surface area (Å²) in [5, 5.41) is 0. The van der Waals surface area contributed by atoms with E-state index in [1.165, 1.54) is 24.2 Å². The van der Waals surface area contributed by atoms with Gasteiger partial charge in [-0.25, -0.2) is 0 Å². The Labute approximate surface area is 105 Å². The van der Waals surface area contributed by atoms with Gasteiger partial charge in [0.05, 0.1) is 0 Å². The van der Waals surface area contributed by atoms with Gasteiger partial charge in [0.25, 0.3) is 0 Å². The van der Waals surface area contributed by atoms with Crippen molar-refractivity contribution >= 4 is 5.69 Å². The van der Waals surface area contributed by atoms with E-state index < -0.39 is 0 Å². The lowest BCUT2D eigenvalue weighted by molar-refractivity contribution is 0.418. The van der Waals surface area contributed by atoms with Crippen LogP contribution < -0.4 is 10.6 Å². The van der Waals surface area contributed by atoms with Gasteiger partial charge in [0.1, 0.15) is 0 Å². The van der Waals surface area contributed by atoms with Crippen LogP contribution in [0, 0.1) is 5.41 Å². The molecule has 0 spiro atoms. The molecule has 0 amide bonds. The van der Waals surface area contributed by atoms with E-state index in [0.717, 1.165) is 13.0 Å². The molecule has 0 aromatic heterocycles. The van der Waals surface area contributed by atoms with Gasteiger partial charge in [-0.3, -0.25) is 0 Å². The average molecular weight is 232 g/mol. The molecule has 1 fully saturated rings. The van der Waals surface area contributed by atoms with Gasteiger partial charge in [0, 0.05) is 24.8 Å². The number of rotatable bonds is 3. The standard InChI is InChI=1S/C15H24N2/c1-12(16)10-13-6-4-5-7-14(13)17-9-8-15(2,3)11-17/h4-7,12H,8-11,16H2,1-3H3. The Morgan fingerprint density at radius 3 is 2.65 bits per heavy atom.